The molecule has 0 N–H and O–H groups in total. The average molecular weight is 520 g/mol. The summed E-state index contributed by atoms with van der Waals surface area (Å²) in [5.41, 5.74) is 0. The number of fused-ring (bicyclic) bond motifs is 1. The molecule has 2 fully saturated rings. The van der Waals surface area contributed by atoms with Crippen molar-refractivity contribution in [1.29, 1.82) is 0 Å². The van der Waals surface area contributed by atoms with E-state index in [-0.39, 0.29) is 0 Å². The Morgan fingerprint density at radius 2 is 1.53 bits per heavy atom. The van der Waals surface area contributed by atoms with Crippen LogP contribution in [-0.2, 0) is 21.5 Å². The summed E-state index contributed by atoms with van der Waals surface area (Å²) >= 11 is 0. The third-order valence-corrected chi connectivity index (χ3v) is 20.9. The predicted octanol–water partition coefficient (Wildman–Crippen LogP) is 7.10. The first-order valence-corrected chi connectivity index (χ1v) is 23.4. The Balaban J connectivity index is 1.96. The first-order chi connectivity index (χ1) is 15.0. The molecule has 2 rings (SSSR count). The molecule has 0 aromatic carbocycles. The Hall–Kier alpha value is 0.668. The number of hydrogen-bond acceptors (Lipinski definition) is 5. The SMILES string of the molecule is CCCCCCCC[Si](C)(O[Si](C)(C)O[Si](C)C)O[Si](C)(CCC1CCC2OC2C1)OC. The van der Waals surface area contributed by atoms with Crippen LogP contribution in [0.2, 0.25) is 51.4 Å². The fourth-order valence-electron chi connectivity index (χ4n) is 5.25. The first kappa shape index (κ1) is 28.9. The van der Waals surface area contributed by atoms with E-state index in [1.54, 1.807) is 0 Å². The number of rotatable bonds is 17. The molecule has 1 heterocycles. The molecule has 0 spiro atoms. The van der Waals surface area contributed by atoms with Crippen molar-refractivity contribution in [2.75, 3.05) is 7.11 Å². The number of hydrogen-bond donors (Lipinski definition) is 0. The molecule has 1 saturated carbocycles. The number of unbranched alkanes of at least 4 members (excludes halogenated alkanes) is 5. The lowest BCUT2D eigenvalue weighted by Gasteiger charge is -2.41. The number of ether oxygens (including phenoxy) is 1. The second-order valence-electron chi connectivity index (χ2n) is 11.0. The van der Waals surface area contributed by atoms with Gasteiger partial charge in [-0.2, -0.15) is 0 Å². The van der Waals surface area contributed by atoms with Crippen LogP contribution in [0.4, 0.5) is 0 Å². The molecular weight excluding hydrogens is 469 g/mol. The molecule has 189 valence electrons. The van der Waals surface area contributed by atoms with E-state index in [2.05, 4.69) is 46.2 Å². The van der Waals surface area contributed by atoms with Crippen LogP contribution >= 0.6 is 0 Å². The molecule has 0 aromatic rings. The Morgan fingerprint density at radius 1 is 0.844 bits per heavy atom. The fourth-order valence-corrected chi connectivity index (χ4v) is 21.7. The van der Waals surface area contributed by atoms with Gasteiger partial charge in [-0.15, -0.1) is 0 Å². The number of epoxide rings is 1. The van der Waals surface area contributed by atoms with Crippen LogP contribution < -0.4 is 0 Å². The molecule has 0 aromatic heterocycles. The average Bonchev–Trinajstić information content (AvgIpc) is 3.46. The lowest BCUT2D eigenvalue weighted by Crippen LogP contribution is -2.57. The minimum absolute atomic E-state index is 0.545. The summed E-state index contributed by atoms with van der Waals surface area (Å²) in [6, 6.07) is 2.09. The molecule has 9 heteroatoms. The van der Waals surface area contributed by atoms with E-state index in [1.807, 2.05) is 7.11 Å². The van der Waals surface area contributed by atoms with Gasteiger partial charge in [-0.3, -0.25) is 0 Å². The zero-order chi connectivity index (χ0) is 23.8. The molecule has 1 aliphatic heterocycles. The van der Waals surface area contributed by atoms with Crippen molar-refractivity contribution in [2.24, 2.45) is 5.92 Å². The Kier molecular flexibility index (Phi) is 11.8. The van der Waals surface area contributed by atoms with Gasteiger partial charge in [-0.1, -0.05) is 45.4 Å². The molecule has 5 atom stereocenters. The highest BCUT2D eigenvalue weighted by Crippen LogP contribution is 2.42. The fraction of sp³-hybridized carbons (Fsp3) is 1.00. The maximum absolute atomic E-state index is 7.02. The molecule has 5 nitrogen and oxygen atoms in total. The van der Waals surface area contributed by atoms with Crippen LogP contribution in [0.3, 0.4) is 0 Å². The van der Waals surface area contributed by atoms with Gasteiger partial charge in [-0.25, -0.2) is 0 Å². The normalized spacial score (nSPS) is 27.1. The van der Waals surface area contributed by atoms with E-state index < -0.39 is 34.7 Å². The summed E-state index contributed by atoms with van der Waals surface area (Å²) in [5, 5.41) is 0. The van der Waals surface area contributed by atoms with Gasteiger partial charge < -0.3 is 21.5 Å². The topological polar surface area (TPSA) is 49.5 Å². The maximum Gasteiger partial charge on any atom is 0.325 e. The summed E-state index contributed by atoms with van der Waals surface area (Å²) in [5.74, 6) is 0.760. The second kappa shape index (κ2) is 13.1. The highest BCUT2D eigenvalue weighted by molar-refractivity contribution is 6.86. The zero-order valence-corrected chi connectivity index (χ0v) is 26.3. The van der Waals surface area contributed by atoms with Crippen molar-refractivity contribution in [3.63, 3.8) is 0 Å². The smallest absolute Gasteiger partial charge is 0.325 e. The molecule has 0 amide bonds. The van der Waals surface area contributed by atoms with Gasteiger partial charge in [0, 0.05) is 7.11 Å². The van der Waals surface area contributed by atoms with Gasteiger partial charge in [-0.05, 0) is 83.0 Å². The van der Waals surface area contributed by atoms with Crippen LogP contribution in [0.5, 0.6) is 0 Å². The molecular formula is C23H51O5Si4. The zero-order valence-electron chi connectivity index (χ0n) is 22.3. The van der Waals surface area contributed by atoms with E-state index in [1.165, 1.54) is 64.2 Å². The van der Waals surface area contributed by atoms with Gasteiger partial charge in [0.15, 0.2) is 9.04 Å². The van der Waals surface area contributed by atoms with E-state index in [9.17, 15) is 0 Å². The Bertz CT molecular complexity index is 552. The predicted molar refractivity (Wildman–Crippen MR) is 142 cm³/mol. The standard InChI is InChI=1S/C23H51O5Si4/c1-9-10-11-12-13-14-18-32(8,27-30(5,6)26-29(3)4)28-31(7,24-2)19-17-21-15-16-22-23(20-21)25-22/h21-23H,9-20H2,1-8H3. The highest BCUT2D eigenvalue weighted by Gasteiger charge is 2.48. The lowest BCUT2D eigenvalue weighted by molar-refractivity contribution is 0.249. The molecule has 5 unspecified atom stereocenters. The molecule has 1 saturated heterocycles. The maximum atomic E-state index is 7.02. The third kappa shape index (κ3) is 10.5. The Morgan fingerprint density at radius 3 is 2.16 bits per heavy atom. The third-order valence-electron chi connectivity index (χ3n) is 6.88. The van der Waals surface area contributed by atoms with E-state index >= 15 is 0 Å². The minimum atomic E-state index is -2.40. The lowest BCUT2D eigenvalue weighted by atomic mass is 9.88. The van der Waals surface area contributed by atoms with Gasteiger partial charge >= 0.3 is 25.7 Å². The highest BCUT2D eigenvalue weighted by atomic mass is 28.5. The monoisotopic (exact) mass is 519 g/mol. The summed E-state index contributed by atoms with van der Waals surface area (Å²) in [6.07, 6.45) is 13.8. The molecule has 1 radical (unpaired) electrons. The van der Waals surface area contributed by atoms with E-state index in [0.717, 1.165) is 18.0 Å². The molecule has 32 heavy (non-hydrogen) atoms. The second-order valence-corrected chi connectivity index (χ2v) is 24.0. The molecule has 0 bridgehead atoms. The van der Waals surface area contributed by atoms with Gasteiger partial charge in [0.25, 0.3) is 0 Å². The van der Waals surface area contributed by atoms with Gasteiger partial charge in [0.05, 0.1) is 12.2 Å². The van der Waals surface area contributed by atoms with Crippen LogP contribution in [0.1, 0.15) is 71.1 Å². The summed E-state index contributed by atoms with van der Waals surface area (Å²) in [6.45, 7) is 15.6. The quantitative estimate of drug-likeness (QED) is 0.116. The van der Waals surface area contributed by atoms with Crippen molar-refractivity contribution in [3.05, 3.63) is 0 Å². The van der Waals surface area contributed by atoms with Gasteiger partial charge in [0.1, 0.15) is 0 Å². The van der Waals surface area contributed by atoms with Crippen LogP contribution in [0, 0.1) is 5.92 Å². The van der Waals surface area contributed by atoms with Crippen LogP contribution in [-0.4, -0.2) is 54.0 Å². The van der Waals surface area contributed by atoms with Crippen molar-refractivity contribution in [3.8, 4) is 0 Å². The summed E-state index contributed by atoms with van der Waals surface area (Å²) in [4.78, 5) is 0. The van der Waals surface area contributed by atoms with E-state index in [0.29, 0.717) is 12.2 Å². The first-order valence-electron chi connectivity index (χ1n) is 13.1. The van der Waals surface area contributed by atoms with Crippen LogP contribution in [0.25, 0.3) is 0 Å². The molecule has 1 aliphatic carbocycles. The van der Waals surface area contributed by atoms with Crippen molar-refractivity contribution in [1.82, 2.24) is 0 Å². The largest absolute Gasteiger partial charge is 0.437 e. The van der Waals surface area contributed by atoms with Crippen LogP contribution in [0.15, 0.2) is 0 Å². The summed E-state index contributed by atoms with van der Waals surface area (Å²) < 4.78 is 32.1. The van der Waals surface area contributed by atoms with Crippen molar-refractivity contribution < 1.29 is 21.5 Å². The van der Waals surface area contributed by atoms with Gasteiger partial charge in [0.2, 0.25) is 0 Å². The Labute approximate surface area is 203 Å². The minimum Gasteiger partial charge on any atom is -0.437 e. The van der Waals surface area contributed by atoms with E-state index in [4.69, 9.17) is 21.5 Å². The summed E-state index contributed by atoms with van der Waals surface area (Å²) in [7, 11) is -5.87. The van der Waals surface area contributed by atoms with Crippen molar-refractivity contribution in [2.45, 2.75) is 135 Å². The molecule has 2 aliphatic rings. The van der Waals surface area contributed by atoms with Crippen molar-refractivity contribution >= 4 is 34.7 Å².